The van der Waals surface area contributed by atoms with Crippen molar-refractivity contribution in [1.29, 1.82) is 0 Å². The zero-order valence-corrected chi connectivity index (χ0v) is 13.7. The summed E-state index contributed by atoms with van der Waals surface area (Å²) in [5, 5.41) is 3.10. The Hall–Kier alpha value is -0.410. The number of rotatable bonds is 6. The summed E-state index contributed by atoms with van der Waals surface area (Å²) in [6.07, 6.45) is 6.68. The quantitative estimate of drug-likeness (QED) is 0.804. The molecule has 1 aliphatic rings. The van der Waals surface area contributed by atoms with Crippen molar-refractivity contribution in [3.63, 3.8) is 0 Å². The minimum atomic E-state index is -0.434. The van der Waals surface area contributed by atoms with Crippen molar-refractivity contribution in [3.8, 4) is 0 Å². The Kier molecular flexibility index (Phi) is 5.57. The van der Waals surface area contributed by atoms with Gasteiger partial charge in [0.1, 0.15) is 0 Å². The van der Waals surface area contributed by atoms with Crippen molar-refractivity contribution >= 4 is 5.78 Å². The van der Waals surface area contributed by atoms with E-state index >= 15 is 0 Å². The van der Waals surface area contributed by atoms with E-state index in [9.17, 15) is 4.79 Å². The predicted octanol–water partition coefficient (Wildman–Crippen LogP) is 2.84. The van der Waals surface area contributed by atoms with Crippen LogP contribution >= 0.6 is 0 Å². The van der Waals surface area contributed by atoms with E-state index in [4.69, 9.17) is 0 Å². The Bertz CT molecular complexity index is 304. The summed E-state index contributed by atoms with van der Waals surface area (Å²) in [6.45, 7) is 9.02. The first-order valence-electron chi connectivity index (χ1n) is 7.65. The van der Waals surface area contributed by atoms with Gasteiger partial charge in [-0.25, -0.2) is 0 Å². The highest BCUT2D eigenvalue weighted by atomic mass is 16.1. The number of hydrogen-bond donors (Lipinski definition) is 1. The summed E-state index contributed by atoms with van der Waals surface area (Å²) in [5.74, 6) is 0.984. The lowest BCUT2D eigenvalue weighted by molar-refractivity contribution is -0.126. The molecule has 0 atom stereocenters. The highest BCUT2D eigenvalue weighted by molar-refractivity contribution is 5.89. The van der Waals surface area contributed by atoms with Crippen molar-refractivity contribution in [1.82, 2.24) is 10.2 Å². The van der Waals surface area contributed by atoms with Crippen molar-refractivity contribution in [2.24, 2.45) is 5.92 Å². The van der Waals surface area contributed by atoms with Crippen LogP contribution in [0.4, 0.5) is 0 Å². The molecule has 0 aromatic rings. The molecule has 1 rings (SSSR count). The van der Waals surface area contributed by atoms with Crippen LogP contribution in [0.1, 0.15) is 59.8 Å². The third-order valence-corrected chi connectivity index (χ3v) is 5.29. The first-order valence-corrected chi connectivity index (χ1v) is 7.65. The van der Waals surface area contributed by atoms with Gasteiger partial charge in [0.2, 0.25) is 0 Å². The summed E-state index contributed by atoms with van der Waals surface area (Å²) < 4.78 is 0. The normalized spacial score (nSPS) is 18.9. The van der Waals surface area contributed by atoms with Crippen LogP contribution < -0.4 is 5.32 Å². The second-order valence-electron chi connectivity index (χ2n) is 7.14. The number of Topliss-reactive ketones (excluding diaryl/α,β-unsaturated/α-hetero) is 1. The number of ketones is 1. The lowest BCUT2D eigenvalue weighted by Crippen LogP contribution is -2.55. The van der Waals surface area contributed by atoms with E-state index in [1.165, 1.54) is 32.1 Å². The zero-order valence-electron chi connectivity index (χ0n) is 13.7. The second kappa shape index (κ2) is 6.36. The van der Waals surface area contributed by atoms with Gasteiger partial charge in [0.25, 0.3) is 0 Å². The molecule has 0 unspecified atom stereocenters. The van der Waals surface area contributed by atoms with Crippen LogP contribution in [0, 0.1) is 5.92 Å². The molecule has 0 aromatic heterocycles. The molecular weight excluding hydrogens is 236 g/mol. The van der Waals surface area contributed by atoms with Gasteiger partial charge in [-0.1, -0.05) is 19.3 Å². The zero-order chi connectivity index (χ0) is 14.7. The van der Waals surface area contributed by atoms with E-state index < -0.39 is 5.54 Å². The summed E-state index contributed by atoms with van der Waals surface area (Å²) in [4.78, 5) is 14.6. The molecule has 19 heavy (non-hydrogen) atoms. The molecule has 1 saturated carbocycles. The highest BCUT2D eigenvalue weighted by Crippen LogP contribution is 2.35. The molecular formula is C16H32N2O. The Morgan fingerprint density at radius 3 is 2.16 bits per heavy atom. The minimum Gasteiger partial charge on any atom is -0.308 e. The van der Waals surface area contributed by atoms with Gasteiger partial charge in [-0.15, -0.1) is 0 Å². The molecule has 0 spiro atoms. The van der Waals surface area contributed by atoms with Crippen LogP contribution in [0.25, 0.3) is 0 Å². The highest BCUT2D eigenvalue weighted by Gasteiger charge is 2.36. The Labute approximate surface area is 119 Å². The second-order valence-corrected chi connectivity index (χ2v) is 7.14. The van der Waals surface area contributed by atoms with Crippen LogP contribution in [-0.2, 0) is 4.79 Å². The van der Waals surface area contributed by atoms with Crippen molar-refractivity contribution in [2.45, 2.75) is 70.9 Å². The molecule has 0 amide bonds. The summed E-state index contributed by atoms with van der Waals surface area (Å²) in [7, 11) is 3.95. The molecule has 112 valence electrons. The monoisotopic (exact) mass is 268 g/mol. The molecule has 3 heteroatoms. The fourth-order valence-corrected chi connectivity index (χ4v) is 2.88. The van der Waals surface area contributed by atoms with Gasteiger partial charge in [0, 0.05) is 5.54 Å². The first-order chi connectivity index (χ1) is 8.71. The van der Waals surface area contributed by atoms with E-state index in [2.05, 4.69) is 31.1 Å². The Morgan fingerprint density at radius 2 is 1.68 bits per heavy atom. The maximum absolute atomic E-state index is 12.3. The fourth-order valence-electron chi connectivity index (χ4n) is 2.88. The predicted molar refractivity (Wildman–Crippen MR) is 81.4 cm³/mol. The Morgan fingerprint density at radius 1 is 1.16 bits per heavy atom. The maximum Gasteiger partial charge on any atom is 0.166 e. The van der Waals surface area contributed by atoms with Gasteiger partial charge in [-0.2, -0.15) is 0 Å². The van der Waals surface area contributed by atoms with E-state index in [0.29, 0.717) is 6.54 Å². The molecule has 3 nitrogen and oxygen atoms in total. The Balaban J connectivity index is 2.65. The largest absolute Gasteiger partial charge is 0.308 e. The number of carbonyl (C=O) groups excluding carboxylic acids is 1. The van der Waals surface area contributed by atoms with Crippen LogP contribution in [0.3, 0.4) is 0 Å². The number of likely N-dealkylation sites (N-methyl/N-ethyl adjacent to an activating group) is 2. The van der Waals surface area contributed by atoms with E-state index in [1.807, 2.05) is 20.9 Å². The molecule has 0 bridgehead atoms. The van der Waals surface area contributed by atoms with E-state index in [0.717, 1.165) is 5.92 Å². The van der Waals surface area contributed by atoms with Crippen LogP contribution in [0.5, 0.6) is 0 Å². The smallest absolute Gasteiger partial charge is 0.166 e. The average molecular weight is 268 g/mol. The number of nitrogens with zero attached hydrogens (tertiary/aromatic N) is 1. The van der Waals surface area contributed by atoms with E-state index in [1.54, 1.807) is 0 Å². The minimum absolute atomic E-state index is 0.111. The SMILES string of the molecule is CNC(C)(C)C(=O)CN(C)C(C)(C)C1CCCCC1. The lowest BCUT2D eigenvalue weighted by Gasteiger charge is -2.44. The summed E-state index contributed by atoms with van der Waals surface area (Å²) in [5.41, 5.74) is -0.323. The van der Waals surface area contributed by atoms with Gasteiger partial charge >= 0.3 is 0 Å². The molecule has 0 heterocycles. The molecule has 0 saturated heterocycles. The van der Waals surface area contributed by atoms with Crippen molar-refractivity contribution in [2.75, 3.05) is 20.6 Å². The molecule has 1 N–H and O–H groups in total. The third kappa shape index (κ3) is 4.03. The van der Waals surface area contributed by atoms with Crippen molar-refractivity contribution in [3.05, 3.63) is 0 Å². The number of carbonyl (C=O) groups is 1. The van der Waals surface area contributed by atoms with Gasteiger partial charge in [0.15, 0.2) is 5.78 Å². The average Bonchev–Trinajstić information content (AvgIpc) is 2.39. The molecule has 1 fully saturated rings. The molecule has 0 radical (unpaired) electrons. The third-order valence-electron chi connectivity index (χ3n) is 5.29. The van der Waals surface area contributed by atoms with E-state index in [-0.39, 0.29) is 11.3 Å². The molecule has 0 aromatic carbocycles. The summed E-state index contributed by atoms with van der Waals surface area (Å²) in [6, 6.07) is 0. The number of hydrogen-bond acceptors (Lipinski definition) is 3. The molecule has 1 aliphatic carbocycles. The van der Waals surface area contributed by atoms with Gasteiger partial charge in [-0.05, 0) is 60.5 Å². The topological polar surface area (TPSA) is 32.3 Å². The fraction of sp³-hybridized carbons (Fsp3) is 0.938. The molecule has 0 aliphatic heterocycles. The first kappa shape index (κ1) is 16.6. The standard InChI is InChI=1S/C16H32N2O/c1-15(2,17-5)14(19)12-18(6)16(3,4)13-10-8-7-9-11-13/h13,17H,7-12H2,1-6H3. The van der Waals surface area contributed by atoms with Crippen molar-refractivity contribution < 1.29 is 4.79 Å². The maximum atomic E-state index is 12.3. The van der Waals surface area contributed by atoms with Gasteiger partial charge in [-0.3, -0.25) is 9.69 Å². The van der Waals surface area contributed by atoms with Crippen LogP contribution in [0.2, 0.25) is 0 Å². The van der Waals surface area contributed by atoms with Gasteiger partial charge in [0.05, 0.1) is 12.1 Å². The van der Waals surface area contributed by atoms with Gasteiger partial charge < -0.3 is 5.32 Å². The lowest BCUT2D eigenvalue weighted by atomic mass is 9.75. The number of nitrogens with one attached hydrogen (secondary N) is 1. The van der Waals surface area contributed by atoms with Crippen LogP contribution in [-0.4, -0.2) is 42.4 Å². The summed E-state index contributed by atoms with van der Waals surface area (Å²) >= 11 is 0. The van der Waals surface area contributed by atoms with Crippen LogP contribution in [0.15, 0.2) is 0 Å².